The second-order valence-corrected chi connectivity index (χ2v) is 1.92. The van der Waals surface area contributed by atoms with Gasteiger partial charge in [0.1, 0.15) is 0 Å². The first-order valence-electron chi connectivity index (χ1n) is 3.01. The van der Waals surface area contributed by atoms with Crippen LogP contribution in [0, 0.1) is 0 Å². The van der Waals surface area contributed by atoms with Crippen molar-refractivity contribution in [2.75, 3.05) is 6.54 Å². The zero-order chi connectivity index (χ0) is 6.69. The first-order chi connectivity index (χ1) is 4.34. The van der Waals surface area contributed by atoms with Crippen molar-refractivity contribution in [1.29, 1.82) is 0 Å². The summed E-state index contributed by atoms with van der Waals surface area (Å²) in [6.45, 7) is 2.33. The van der Waals surface area contributed by atoms with Crippen LogP contribution in [0.5, 0.6) is 0 Å². The number of hydrogen-bond acceptors (Lipinski definition) is 3. The molecule has 0 fully saturated rings. The largest absolute Gasteiger partial charge is 0.471 e. The maximum atomic E-state index is 10.8. The summed E-state index contributed by atoms with van der Waals surface area (Å²) in [6, 6.07) is 0. The van der Waals surface area contributed by atoms with E-state index >= 15 is 0 Å². The molecule has 0 spiro atoms. The maximum absolute atomic E-state index is 10.8. The maximum Gasteiger partial charge on any atom is 0.177 e. The molecule has 0 aromatic heterocycles. The molecular weight excluding hydrogens is 118 g/mol. The fourth-order valence-corrected chi connectivity index (χ4v) is 0.704. The van der Waals surface area contributed by atoms with E-state index in [9.17, 15) is 4.79 Å². The number of nitrogens with zero attached hydrogens (tertiary/aromatic N) is 1. The Labute approximate surface area is 53.7 Å². The third-order valence-corrected chi connectivity index (χ3v) is 1.28. The number of Topliss-reactive ketones (excluding diaryl/α,β-unsaturated/α-hetero) is 1. The molecule has 0 N–H and O–H groups in total. The van der Waals surface area contributed by atoms with E-state index in [-0.39, 0.29) is 11.9 Å². The molecule has 0 radical (unpaired) electrons. The molecule has 0 bridgehead atoms. The number of rotatable bonds is 2. The van der Waals surface area contributed by atoms with E-state index in [0.717, 1.165) is 0 Å². The van der Waals surface area contributed by atoms with Gasteiger partial charge in [0.2, 0.25) is 0 Å². The summed E-state index contributed by atoms with van der Waals surface area (Å²) < 4.78 is 4.86. The minimum Gasteiger partial charge on any atom is -0.471 e. The Morgan fingerprint density at radius 3 is 3.22 bits per heavy atom. The van der Waals surface area contributed by atoms with Crippen LogP contribution in [0.3, 0.4) is 0 Å². The number of aliphatic imine (C=N–C) groups is 1. The second-order valence-electron chi connectivity index (χ2n) is 1.92. The smallest absolute Gasteiger partial charge is 0.177 e. The van der Waals surface area contributed by atoms with Crippen LogP contribution in [-0.4, -0.2) is 24.8 Å². The number of ketones is 1. The van der Waals surface area contributed by atoms with Crippen molar-refractivity contribution in [1.82, 2.24) is 0 Å². The van der Waals surface area contributed by atoms with Crippen molar-refractivity contribution >= 4 is 12.2 Å². The van der Waals surface area contributed by atoms with Gasteiger partial charge in [0.15, 0.2) is 18.3 Å². The molecule has 0 aromatic rings. The molecule has 0 saturated carbocycles. The van der Waals surface area contributed by atoms with Crippen molar-refractivity contribution in [2.45, 2.75) is 19.4 Å². The molecule has 0 aliphatic carbocycles. The van der Waals surface area contributed by atoms with E-state index in [1.54, 1.807) is 0 Å². The van der Waals surface area contributed by atoms with Crippen LogP contribution in [0.2, 0.25) is 0 Å². The summed E-state index contributed by atoms with van der Waals surface area (Å²) in [7, 11) is 0. The van der Waals surface area contributed by atoms with Crippen LogP contribution in [0.15, 0.2) is 4.99 Å². The first-order valence-corrected chi connectivity index (χ1v) is 3.01. The summed E-state index contributed by atoms with van der Waals surface area (Å²) in [6.07, 6.45) is 1.60. The van der Waals surface area contributed by atoms with E-state index in [2.05, 4.69) is 4.99 Å². The molecule has 1 aliphatic heterocycles. The molecule has 3 nitrogen and oxygen atoms in total. The molecule has 1 unspecified atom stereocenters. The van der Waals surface area contributed by atoms with Crippen LogP contribution in [0.25, 0.3) is 0 Å². The Balaban J connectivity index is 2.36. The fourth-order valence-electron chi connectivity index (χ4n) is 0.704. The molecule has 1 atom stereocenters. The van der Waals surface area contributed by atoms with Crippen molar-refractivity contribution in [3.8, 4) is 0 Å². The van der Waals surface area contributed by atoms with Gasteiger partial charge in [-0.2, -0.15) is 0 Å². The fraction of sp³-hybridized carbons (Fsp3) is 0.667. The Morgan fingerprint density at radius 1 is 2.00 bits per heavy atom. The van der Waals surface area contributed by atoms with Crippen molar-refractivity contribution in [2.24, 2.45) is 4.99 Å². The Morgan fingerprint density at radius 2 is 2.78 bits per heavy atom. The van der Waals surface area contributed by atoms with Gasteiger partial charge in [0.25, 0.3) is 0 Å². The normalized spacial score (nSPS) is 23.9. The minimum atomic E-state index is -0.282. The van der Waals surface area contributed by atoms with Gasteiger partial charge in [-0.1, -0.05) is 6.92 Å². The second kappa shape index (κ2) is 2.62. The van der Waals surface area contributed by atoms with Gasteiger partial charge in [-0.15, -0.1) is 0 Å². The average Bonchev–Trinajstić information content (AvgIpc) is 2.37. The Hall–Kier alpha value is -0.860. The van der Waals surface area contributed by atoms with Gasteiger partial charge < -0.3 is 4.74 Å². The highest BCUT2D eigenvalue weighted by Gasteiger charge is 2.19. The zero-order valence-electron chi connectivity index (χ0n) is 5.33. The lowest BCUT2D eigenvalue weighted by Gasteiger charge is -2.03. The lowest BCUT2D eigenvalue weighted by atomic mass is 10.2. The van der Waals surface area contributed by atoms with Crippen molar-refractivity contribution in [3.63, 3.8) is 0 Å². The molecule has 0 aromatic carbocycles. The van der Waals surface area contributed by atoms with E-state index < -0.39 is 0 Å². The van der Waals surface area contributed by atoms with Gasteiger partial charge in [0, 0.05) is 6.42 Å². The van der Waals surface area contributed by atoms with Crippen LogP contribution >= 0.6 is 0 Å². The van der Waals surface area contributed by atoms with E-state index in [0.29, 0.717) is 13.0 Å². The lowest BCUT2D eigenvalue weighted by molar-refractivity contribution is -0.124. The van der Waals surface area contributed by atoms with Gasteiger partial charge in [-0.3, -0.25) is 9.79 Å². The van der Waals surface area contributed by atoms with Crippen LogP contribution in [-0.2, 0) is 9.53 Å². The highest BCUT2D eigenvalue weighted by atomic mass is 16.5. The molecule has 3 heteroatoms. The summed E-state index contributed by atoms with van der Waals surface area (Å²) in [5.74, 6) is 0.132. The summed E-state index contributed by atoms with van der Waals surface area (Å²) >= 11 is 0. The molecular formula is C6H9NO2. The molecule has 1 aliphatic rings. The quantitative estimate of drug-likeness (QED) is 0.538. The third kappa shape index (κ3) is 1.28. The number of hydrogen-bond donors (Lipinski definition) is 0. The highest BCUT2D eigenvalue weighted by Crippen LogP contribution is 2.01. The van der Waals surface area contributed by atoms with Gasteiger partial charge in [-0.25, -0.2) is 0 Å². The predicted molar refractivity (Wildman–Crippen MR) is 33.5 cm³/mol. The number of carbonyl (C=O) groups excluding carboxylic acids is 1. The monoisotopic (exact) mass is 127 g/mol. The van der Waals surface area contributed by atoms with Crippen molar-refractivity contribution < 1.29 is 9.53 Å². The molecule has 50 valence electrons. The molecule has 9 heavy (non-hydrogen) atoms. The lowest BCUT2D eigenvalue weighted by Crippen LogP contribution is -2.21. The Bertz CT molecular complexity index is 134. The van der Waals surface area contributed by atoms with E-state index in [1.807, 2.05) is 6.92 Å². The van der Waals surface area contributed by atoms with Crippen LogP contribution < -0.4 is 0 Å². The van der Waals surface area contributed by atoms with Gasteiger partial charge in [0.05, 0.1) is 6.54 Å². The van der Waals surface area contributed by atoms with Gasteiger partial charge in [-0.05, 0) is 0 Å². The SMILES string of the molecule is CCC(=O)C1CN=CO1. The van der Waals surface area contributed by atoms with Crippen LogP contribution in [0.1, 0.15) is 13.3 Å². The molecule has 1 heterocycles. The molecule has 0 amide bonds. The van der Waals surface area contributed by atoms with E-state index in [1.165, 1.54) is 6.40 Å². The summed E-state index contributed by atoms with van der Waals surface area (Å²) in [4.78, 5) is 14.6. The predicted octanol–water partition coefficient (Wildman–Crippen LogP) is 0.393. The summed E-state index contributed by atoms with van der Waals surface area (Å²) in [5, 5.41) is 0. The average molecular weight is 127 g/mol. The van der Waals surface area contributed by atoms with Crippen molar-refractivity contribution in [3.05, 3.63) is 0 Å². The Kier molecular flexibility index (Phi) is 1.82. The summed E-state index contributed by atoms with van der Waals surface area (Å²) in [5.41, 5.74) is 0. The van der Waals surface area contributed by atoms with Crippen LogP contribution in [0.4, 0.5) is 0 Å². The zero-order valence-corrected chi connectivity index (χ0v) is 5.33. The minimum absolute atomic E-state index is 0.132. The number of carbonyl (C=O) groups is 1. The number of ether oxygens (including phenoxy) is 1. The molecule has 1 rings (SSSR count). The van der Waals surface area contributed by atoms with Gasteiger partial charge >= 0.3 is 0 Å². The third-order valence-electron chi connectivity index (χ3n) is 1.28. The standard InChI is InChI=1S/C6H9NO2/c1-2-5(8)6-3-7-4-9-6/h4,6H,2-3H2,1H3. The highest BCUT2D eigenvalue weighted by molar-refractivity contribution is 5.85. The molecule has 0 saturated heterocycles. The topological polar surface area (TPSA) is 38.7 Å². The first kappa shape index (κ1) is 6.26. The van der Waals surface area contributed by atoms with E-state index in [4.69, 9.17) is 4.74 Å².